The van der Waals surface area contributed by atoms with Crippen LogP contribution in [0.5, 0.6) is 5.88 Å². The van der Waals surface area contributed by atoms with Crippen molar-refractivity contribution >= 4 is 5.95 Å². The standard InChI is InChI=1S/C14H24N4O/c1-5-19-13-8-10(2)15-14(17-13)16-12-6-7-18(4)11(3)9-12/h8,11-12H,5-7,9H2,1-4H3,(H,15,16,17). The van der Waals surface area contributed by atoms with Gasteiger partial charge in [-0.2, -0.15) is 4.98 Å². The summed E-state index contributed by atoms with van der Waals surface area (Å²) < 4.78 is 5.46. The van der Waals surface area contributed by atoms with Gasteiger partial charge in [-0.05, 0) is 40.7 Å². The maximum atomic E-state index is 5.46. The van der Waals surface area contributed by atoms with Crippen LogP contribution < -0.4 is 10.1 Å². The molecule has 1 fully saturated rings. The molecule has 1 saturated heterocycles. The predicted octanol–water partition coefficient (Wildman–Crippen LogP) is 2.08. The number of nitrogens with one attached hydrogen (secondary N) is 1. The third kappa shape index (κ3) is 3.80. The molecule has 0 aliphatic carbocycles. The SMILES string of the molecule is CCOc1cc(C)nc(NC2CCN(C)C(C)C2)n1. The largest absolute Gasteiger partial charge is 0.478 e. The normalized spacial score (nSPS) is 24.2. The van der Waals surface area contributed by atoms with Crippen molar-refractivity contribution in [1.29, 1.82) is 0 Å². The highest BCUT2D eigenvalue weighted by molar-refractivity contribution is 5.32. The molecule has 19 heavy (non-hydrogen) atoms. The first kappa shape index (κ1) is 14.1. The van der Waals surface area contributed by atoms with Gasteiger partial charge in [-0.1, -0.05) is 0 Å². The molecule has 2 unspecified atom stereocenters. The van der Waals surface area contributed by atoms with Crippen LogP contribution in [-0.2, 0) is 0 Å². The molecule has 2 heterocycles. The Labute approximate surface area is 115 Å². The van der Waals surface area contributed by atoms with Gasteiger partial charge < -0.3 is 15.0 Å². The molecular formula is C14H24N4O. The summed E-state index contributed by atoms with van der Waals surface area (Å²) >= 11 is 0. The lowest BCUT2D eigenvalue weighted by Crippen LogP contribution is -2.42. The lowest BCUT2D eigenvalue weighted by atomic mass is 9.99. The molecule has 5 nitrogen and oxygen atoms in total. The van der Waals surface area contributed by atoms with Gasteiger partial charge in [0.15, 0.2) is 0 Å². The number of ether oxygens (including phenoxy) is 1. The Morgan fingerprint density at radius 2 is 2.26 bits per heavy atom. The van der Waals surface area contributed by atoms with Crippen LogP contribution in [0.25, 0.3) is 0 Å². The number of hydrogen-bond acceptors (Lipinski definition) is 5. The molecule has 1 aliphatic rings. The van der Waals surface area contributed by atoms with Crippen LogP contribution in [0, 0.1) is 6.92 Å². The van der Waals surface area contributed by atoms with E-state index in [0.29, 0.717) is 30.5 Å². The lowest BCUT2D eigenvalue weighted by molar-refractivity contribution is 0.189. The lowest BCUT2D eigenvalue weighted by Gasteiger charge is -2.35. The Morgan fingerprint density at radius 1 is 1.47 bits per heavy atom. The second kappa shape index (κ2) is 6.19. The summed E-state index contributed by atoms with van der Waals surface area (Å²) in [4.78, 5) is 11.2. The van der Waals surface area contributed by atoms with E-state index in [1.807, 2.05) is 19.9 Å². The van der Waals surface area contributed by atoms with Crippen molar-refractivity contribution in [3.05, 3.63) is 11.8 Å². The van der Waals surface area contributed by atoms with E-state index in [9.17, 15) is 0 Å². The summed E-state index contributed by atoms with van der Waals surface area (Å²) in [5.74, 6) is 1.34. The first-order valence-electron chi connectivity index (χ1n) is 7.03. The Morgan fingerprint density at radius 3 is 2.95 bits per heavy atom. The highest BCUT2D eigenvalue weighted by Crippen LogP contribution is 2.19. The van der Waals surface area contributed by atoms with E-state index in [4.69, 9.17) is 4.74 Å². The smallest absolute Gasteiger partial charge is 0.226 e. The van der Waals surface area contributed by atoms with Gasteiger partial charge in [0.2, 0.25) is 11.8 Å². The topological polar surface area (TPSA) is 50.3 Å². The van der Waals surface area contributed by atoms with E-state index in [1.165, 1.54) is 0 Å². The molecule has 5 heteroatoms. The predicted molar refractivity (Wildman–Crippen MR) is 76.7 cm³/mol. The number of aryl methyl sites for hydroxylation is 1. The summed E-state index contributed by atoms with van der Waals surface area (Å²) in [6, 6.07) is 2.91. The van der Waals surface area contributed by atoms with Gasteiger partial charge in [-0.25, -0.2) is 4.98 Å². The van der Waals surface area contributed by atoms with E-state index in [-0.39, 0.29) is 0 Å². The maximum Gasteiger partial charge on any atom is 0.226 e. The quantitative estimate of drug-likeness (QED) is 0.902. The van der Waals surface area contributed by atoms with Gasteiger partial charge in [0.1, 0.15) is 0 Å². The fraction of sp³-hybridized carbons (Fsp3) is 0.714. The Balaban J connectivity index is 2.02. The number of piperidine rings is 1. The Bertz CT molecular complexity index is 424. The van der Waals surface area contributed by atoms with Gasteiger partial charge in [-0.3, -0.25) is 0 Å². The molecule has 0 aromatic carbocycles. The molecule has 0 amide bonds. The number of hydrogen-bond donors (Lipinski definition) is 1. The third-order valence-electron chi connectivity index (χ3n) is 3.66. The third-order valence-corrected chi connectivity index (χ3v) is 3.66. The van der Waals surface area contributed by atoms with E-state index in [0.717, 1.165) is 25.1 Å². The van der Waals surface area contributed by atoms with Crippen LogP contribution in [0.3, 0.4) is 0 Å². The zero-order valence-electron chi connectivity index (χ0n) is 12.3. The summed E-state index contributed by atoms with van der Waals surface area (Å²) in [7, 11) is 2.18. The van der Waals surface area contributed by atoms with Crippen molar-refractivity contribution in [2.45, 2.75) is 45.7 Å². The van der Waals surface area contributed by atoms with Crippen molar-refractivity contribution in [1.82, 2.24) is 14.9 Å². The zero-order chi connectivity index (χ0) is 13.8. The summed E-state index contributed by atoms with van der Waals surface area (Å²) in [5.41, 5.74) is 0.932. The molecular weight excluding hydrogens is 240 g/mol. The van der Waals surface area contributed by atoms with Crippen molar-refractivity contribution in [2.24, 2.45) is 0 Å². The molecule has 1 aromatic heterocycles. The number of rotatable bonds is 4. The number of aromatic nitrogens is 2. The molecule has 0 radical (unpaired) electrons. The van der Waals surface area contributed by atoms with E-state index in [2.05, 4.69) is 34.2 Å². The molecule has 1 aliphatic heterocycles. The van der Waals surface area contributed by atoms with Crippen LogP contribution in [-0.4, -0.2) is 47.2 Å². The average Bonchev–Trinajstić information content (AvgIpc) is 2.33. The van der Waals surface area contributed by atoms with E-state index >= 15 is 0 Å². The second-order valence-electron chi connectivity index (χ2n) is 5.30. The van der Waals surface area contributed by atoms with Gasteiger partial charge in [0.25, 0.3) is 0 Å². The van der Waals surface area contributed by atoms with Gasteiger partial charge in [-0.15, -0.1) is 0 Å². The fourth-order valence-corrected chi connectivity index (χ4v) is 2.43. The van der Waals surface area contributed by atoms with Gasteiger partial charge in [0, 0.05) is 30.4 Å². The first-order chi connectivity index (χ1) is 9.08. The van der Waals surface area contributed by atoms with Crippen LogP contribution in [0.2, 0.25) is 0 Å². The van der Waals surface area contributed by atoms with Crippen molar-refractivity contribution in [3.63, 3.8) is 0 Å². The summed E-state index contributed by atoms with van der Waals surface area (Å²) in [6.07, 6.45) is 2.25. The van der Waals surface area contributed by atoms with E-state index in [1.54, 1.807) is 0 Å². The minimum absolute atomic E-state index is 0.447. The van der Waals surface area contributed by atoms with Crippen LogP contribution in [0.15, 0.2) is 6.07 Å². The van der Waals surface area contributed by atoms with Crippen LogP contribution in [0.4, 0.5) is 5.95 Å². The minimum atomic E-state index is 0.447. The van der Waals surface area contributed by atoms with E-state index < -0.39 is 0 Å². The average molecular weight is 264 g/mol. The summed E-state index contributed by atoms with van der Waals surface area (Å²) in [6.45, 7) is 7.93. The van der Waals surface area contributed by atoms with Gasteiger partial charge >= 0.3 is 0 Å². The van der Waals surface area contributed by atoms with Crippen LogP contribution in [0.1, 0.15) is 32.4 Å². The fourth-order valence-electron chi connectivity index (χ4n) is 2.43. The molecule has 0 spiro atoms. The first-order valence-corrected chi connectivity index (χ1v) is 7.03. The monoisotopic (exact) mass is 264 g/mol. The molecule has 0 saturated carbocycles. The van der Waals surface area contributed by atoms with Crippen molar-refractivity contribution < 1.29 is 4.74 Å². The summed E-state index contributed by atoms with van der Waals surface area (Å²) in [5, 5.41) is 3.44. The molecule has 106 valence electrons. The minimum Gasteiger partial charge on any atom is -0.478 e. The zero-order valence-corrected chi connectivity index (χ0v) is 12.3. The molecule has 1 N–H and O–H groups in total. The highest BCUT2D eigenvalue weighted by Gasteiger charge is 2.23. The van der Waals surface area contributed by atoms with Crippen LogP contribution >= 0.6 is 0 Å². The molecule has 2 rings (SSSR count). The number of likely N-dealkylation sites (tertiary alicyclic amines) is 1. The van der Waals surface area contributed by atoms with Crippen molar-refractivity contribution in [2.75, 3.05) is 25.5 Å². The number of nitrogens with zero attached hydrogens (tertiary/aromatic N) is 3. The second-order valence-corrected chi connectivity index (χ2v) is 5.30. The Hall–Kier alpha value is -1.36. The highest BCUT2D eigenvalue weighted by atomic mass is 16.5. The van der Waals surface area contributed by atoms with Gasteiger partial charge in [0.05, 0.1) is 6.61 Å². The molecule has 2 atom stereocenters. The van der Waals surface area contributed by atoms with Crippen molar-refractivity contribution in [3.8, 4) is 5.88 Å². The molecule has 1 aromatic rings. The maximum absolute atomic E-state index is 5.46. The number of anilines is 1. The Kier molecular flexibility index (Phi) is 4.58. The molecule has 0 bridgehead atoms.